The molecule has 8 heteroatoms. The van der Waals surface area contributed by atoms with Crippen molar-refractivity contribution in [1.29, 1.82) is 0 Å². The molecule has 0 fully saturated rings. The van der Waals surface area contributed by atoms with Gasteiger partial charge in [-0.25, -0.2) is 15.0 Å². The maximum absolute atomic E-state index is 11.3. The minimum atomic E-state index is -0.412. The third-order valence-corrected chi connectivity index (χ3v) is 5.77. The second-order valence-electron chi connectivity index (χ2n) is 6.87. The minimum absolute atomic E-state index is 0.00386. The van der Waals surface area contributed by atoms with E-state index in [0.717, 1.165) is 26.8 Å². The highest BCUT2D eigenvalue weighted by Crippen LogP contribution is 2.31. The van der Waals surface area contributed by atoms with Gasteiger partial charge in [0.25, 0.3) is 5.69 Å². The lowest BCUT2D eigenvalue weighted by Gasteiger charge is -2.10. The molecule has 0 aliphatic carbocycles. The average Bonchev–Trinajstić information content (AvgIpc) is 3.12. The molecule has 146 valence electrons. The Labute approximate surface area is 179 Å². The van der Waals surface area contributed by atoms with E-state index < -0.39 is 4.92 Å². The smallest absolute Gasteiger partial charge is 0.270 e. The molecular formula is C22H14BrN5O2. The van der Waals surface area contributed by atoms with Crippen LogP contribution in [0.4, 0.5) is 5.69 Å². The molecule has 0 saturated carbocycles. The molecule has 0 aliphatic heterocycles. The third kappa shape index (κ3) is 3.02. The Bertz CT molecular complexity index is 1460. The monoisotopic (exact) mass is 459 g/mol. The molecular weight excluding hydrogens is 446 g/mol. The van der Waals surface area contributed by atoms with Crippen molar-refractivity contribution in [3.05, 3.63) is 86.9 Å². The standard InChI is InChI=1S/C22H14BrN5O2/c1-13-11-15(9-10-17(13)23)27-21(14-5-4-6-16(12-14)28(29)30)26-20-22(27)25-19-8-3-2-7-18(19)24-20/h2-12H,1H3. The molecule has 0 unspecified atom stereocenters. The predicted octanol–water partition coefficient (Wildman–Crippen LogP) is 5.61. The molecule has 7 nitrogen and oxygen atoms in total. The van der Waals surface area contributed by atoms with E-state index in [2.05, 4.69) is 20.9 Å². The van der Waals surface area contributed by atoms with Crippen LogP contribution in [-0.2, 0) is 0 Å². The molecule has 0 bridgehead atoms. The van der Waals surface area contributed by atoms with Crippen molar-refractivity contribution in [3.8, 4) is 17.1 Å². The topological polar surface area (TPSA) is 86.7 Å². The maximum atomic E-state index is 11.3. The molecule has 0 amide bonds. The Morgan fingerprint density at radius 1 is 0.933 bits per heavy atom. The first-order valence-electron chi connectivity index (χ1n) is 9.18. The number of para-hydroxylation sites is 2. The molecule has 0 radical (unpaired) electrons. The van der Waals surface area contributed by atoms with Crippen molar-refractivity contribution < 1.29 is 4.92 Å². The summed E-state index contributed by atoms with van der Waals surface area (Å²) in [4.78, 5) is 25.1. The average molecular weight is 460 g/mol. The number of aryl methyl sites for hydroxylation is 1. The normalized spacial score (nSPS) is 11.3. The van der Waals surface area contributed by atoms with Crippen molar-refractivity contribution in [3.63, 3.8) is 0 Å². The molecule has 0 spiro atoms. The largest absolute Gasteiger partial charge is 0.275 e. The van der Waals surface area contributed by atoms with Gasteiger partial charge >= 0.3 is 0 Å². The van der Waals surface area contributed by atoms with Crippen molar-refractivity contribution >= 4 is 43.9 Å². The van der Waals surface area contributed by atoms with Crippen molar-refractivity contribution in [2.24, 2.45) is 0 Å². The molecule has 0 N–H and O–H groups in total. The highest BCUT2D eigenvalue weighted by atomic mass is 79.9. The number of halogens is 1. The van der Waals surface area contributed by atoms with E-state index in [1.54, 1.807) is 12.1 Å². The van der Waals surface area contributed by atoms with Crippen LogP contribution >= 0.6 is 15.9 Å². The van der Waals surface area contributed by atoms with Gasteiger partial charge in [-0.1, -0.05) is 40.2 Å². The second kappa shape index (κ2) is 7.00. The van der Waals surface area contributed by atoms with Gasteiger partial charge < -0.3 is 0 Å². The lowest BCUT2D eigenvalue weighted by Crippen LogP contribution is -2.00. The lowest BCUT2D eigenvalue weighted by molar-refractivity contribution is -0.384. The summed E-state index contributed by atoms with van der Waals surface area (Å²) in [5, 5.41) is 11.3. The lowest BCUT2D eigenvalue weighted by atomic mass is 10.1. The molecule has 0 atom stereocenters. The number of nitrogens with zero attached hydrogens (tertiary/aromatic N) is 5. The summed E-state index contributed by atoms with van der Waals surface area (Å²) in [5.41, 5.74) is 5.10. The van der Waals surface area contributed by atoms with E-state index in [1.165, 1.54) is 12.1 Å². The zero-order valence-electron chi connectivity index (χ0n) is 15.8. The fourth-order valence-corrected chi connectivity index (χ4v) is 3.67. The number of benzene rings is 3. The number of non-ortho nitro benzene ring substituents is 1. The van der Waals surface area contributed by atoms with Crippen LogP contribution in [0.5, 0.6) is 0 Å². The van der Waals surface area contributed by atoms with Gasteiger partial charge in [0.05, 0.1) is 16.0 Å². The van der Waals surface area contributed by atoms with E-state index in [1.807, 2.05) is 54.0 Å². The number of rotatable bonds is 3. The first-order chi connectivity index (χ1) is 14.5. The summed E-state index contributed by atoms with van der Waals surface area (Å²) in [6.45, 7) is 2.00. The van der Waals surface area contributed by atoms with Crippen LogP contribution in [0.1, 0.15) is 5.56 Å². The molecule has 0 saturated heterocycles. The van der Waals surface area contributed by atoms with E-state index in [4.69, 9.17) is 9.97 Å². The van der Waals surface area contributed by atoms with Gasteiger partial charge in [-0.2, -0.15) is 0 Å². The van der Waals surface area contributed by atoms with Gasteiger partial charge in [0.1, 0.15) is 5.82 Å². The number of hydrogen-bond donors (Lipinski definition) is 0. The van der Waals surface area contributed by atoms with Gasteiger partial charge in [0.2, 0.25) is 0 Å². The summed E-state index contributed by atoms with van der Waals surface area (Å²) in [7, 11) is 0. The summed E-state index contributed by atoms with van der Waals surface area (Å²) >= 11 is 3.54. The molecule has 5 rings (SSSR count). The number of hydrogen-bond acceptors (Lipinski definition) is 5. The van der Waals surface area contributed by atoms with E-state index in [9.17, 15) is 10.1 Å². The van der Waals surface area contributed by atoms with E-state index in [-0.39, 0.29) is 5.69 Å². The van der Waals surface area contributed by atoms with Gasteiger partial charge in [-0.3, -0.25) is 14.7 Å². The molecule has 5 aromatic rings. The Morgan fingerprint density at radius 3 is 2.43 bits per heavy atom. The van der Waals surface area contributed by atoms with Crippen LogP contribution in [0.2, 0.25) is 0 Å². The number of nitro groups is 1. The van der Waals surface area contributed by atoms with Gasteiger partial charge in [0.15, 0.2) is 11.3 Å². The Balaban J connectivity index is 1.87. The molecule has 0 aliphatic rings. The molecule has 3 aromatic carbocycles. The van der Waals surface area contributed by atoms with E-state index >= 15 is 0 Å². The van der Waals surface area contributed by atoms with Crippen LogP contribution in [0, 0.1) is 17.0 Å². The Kier molecular flexibility index (Phi) is 4.29. The van der Waals surface area contributed by atoms with Crippen molar-refractivity contribution in [2.45, 2.75) is 6.92 Å². The van der Waals surface area contributed by atoms with Crippen LogP contribution in [-0.4, -0.2) is 24.4 Å². The molecule has 30 heavy (non-hydrogen) atoms. The summed E-state index contributed by atoms with van der Waals surface area (Å²) in [6, 6.07) is 20.0. The minimum Gasteiger partial charge on any atom is -0.275 e. The van der Waals surface area contributed by atoms with Crippen molar-refractivity contribution in [2.75, 3.05) is 0 Å². The Morgan fingerprint density at radius 2 is 1.70 bits per heavy atom. The fraction of sp³-hybridized carbons (Fsp3) is 0.0455. The van der Waals surface area contributed by atoms with Crippen LogP contribution in [0.3, 0.4) is 0 Å². The fourth-order valence-electron chi connectivity index (χ4n) is 3.42. The van der Waals surface area contributed by atoms with Crippen LogP contribution in [0.25, 0.3) is 39.4 Å². The number of imidazole rings is 1. The van der Waals surface area contributed by atoms with Crippen molar-refractivity contribution in [1.82, 2.24) is 19.5 Å². The zero-order valence-corrected chi connectivity index (χ0v) is 17.4. The molecule has 2 heterocycles. The quantitative estimate of drug-likeness (QED) is 0.258. The van der Waals surface area contributed by atoms with E-state index in [0.29, 0.717) is 22.7 Å². The number of fused-ring (bicyclic) bond motifs is 2. The highest BCUT2D eigenvalue weighted by molar-refractivity contribution is 9.10. The maximum Gasteiger partial charge on any atom is 0.270 e. The summed E-state index contributed by atoms with van der Waals surface area (Å²) < 4.78 is 2.89. The SMILES string of the molecule is Cc1cc(-n2c(-c3cccc([N+](=O)[O-])c3)nc3nc4ccccc4nc32)ccc1Br. The highest BCUT2D eigenvalue weighted by Gasteiger charge is 2.19. The van der Waals surface area contributed by atoms with Crippen LogP contribution in [0.15, 0.2) is 71.2 Å². The Hall–Kier alpha value is -3.65. The van der Waals surface area contributed by atoms with Gasteiger partial charge in [-0.15, -0.1) is 0 Å². The summed E-state index contributed by atoms with van der Waals surface area (Å²) in [6.07, 6.45) is 0. The van der Waals surface area contributed by atoms with Gasteiger partial charge in [0, 0.05) is 27.9 Å². The second-order valence-corrected chi connectivity index (χ2v) is 7.73. The first kappa shape index (κ1) is 18.4. The zero-order chi connectivity index (χ0) is 20.8. The summed E-state index contributed by atoms with van der Waals surface area (Å²) in [5.74, 6) is 0.547. The predicted molar refractivity (Wildman–Crippen MR) is 119 cm³/mol. The molecule has 2 aromatic heterocycles. The first-order valence-corrected chi connectivity index (χ1v) is 9.97. The van der Waals surface area contributed by atoms with Gasteiger partial charge in [-0.05, 0) is 42.8 Å². The number of nitro benzene ring substituents is 1. The third-order valence-electron chi connectivity index (χ3n) is 4.88. The number of aromatic nitrogens is 4. The van der Waals surface area contributed by atoms with Crippen LogP contribution < -0.4 is 0 Å².